The number of hydrogen-bond acceptors (Lipinski definition) is 4. The van der Waals surface area contributed by atoms with Crippen LogP contribution in [0.4, 0.5) is 0 Å². The Morgan fingerprint density at radius 2 is 2.05 bits per heavy atom. The van der Waals surface area contributed by atoms with E-state index in [9.17, 15) is 9.59 Å². The second-order valence-electron chi connectivity index (χ2n) is 5.58. The van der Waals surface area contributed by atoms with Gasteiger partial charge >= 0.3 is 5.97 Å². The number of carbonyl (C=O) groups is 2. The molecule has 1 aromatic rings. The number of hydrogen-bond donors (Lipinski definition) is 2. The second-order valence-corrected chi connectivity index (χ2v) is 5.58. The van der Waals surface area contributed by atoms with Crippen molar-refractivity contribution in [2.45, 2.75) is 46.2 Å². The molecular formula is C12H20N4O3. The van der Waals surface area contributed by atoms with Crippen molar-refractivity contribution in [2.75, 3.05) is 0 Å². The van der Waals surface area contributed by atoms with Crippen molar-refractivity contribution in [1.29, 1.82) is 0 Å². The van der Waals surface area contributed by atoms with Crippen molar-refractivity contribution in [3.8, 4) is 0 Å². The quantitative estimate of drug-likeness (QED) is 0.825. The molecule has 7 heteroatoms. The van der Waals surface area contributed by atoms with Gasteiger partial charge in [0.15, 0.2) is 0 Å². The van der Waals surface area contributed by atoms with Crippen LogP contribution in [0.15, 0.2) is 12.7 Å². The van der Waals surface area contributed by atoms with E-state index in [2.05, 4.69) is 15.4 Å². The number of amides is 1. The molecule has 1 rings (SSSR count). The van der Waals surface area contributed by atoms with Gasteiger partial charge in [0, 0.05) is 6.04 Å². The molecule has 106 valence electrons. The fourth-order valence-corrected chi connectivity index (χ4v) is 1.58. The fourth-order valence-electron chi connectivity index (χ4n) is 1.58. The molecule has 2 atom stereocenters. The van der Waals surface area contributed by atoms with Crippen molar-refractivity contribution in [2.24, 2.45) is 5.41 Å². The SMILES string of the molecule is CC(C(=O)NC(CC(=O)O)C(C)(C)C)n1cncn1. The number of carbonyl (C=O) groups excluding carboxylic acids is 1. The zero-order valence-corrected chi connectivity index (χ0v) is 11.6. The molecule has 1 heterocycles. The third-order valence-corrected chi connectivity index (χ3v) is 2.95. The van der Waals surface area contributed by atoms with Crippen LogP contribution >= 0.6 is 0 Å². The predicted octanol–water partition coefficient (Wildman–Crippen LogP) is 0.845. The highest BCUT2D eigenvalue weighted by Gasteiger charge is 2.30. The van der Waals surface area contributed by atoms with Crippen molar-refractivity contribution >= 4 is 11.9 Å². The molecular weight excluding hydrogens is 248 g/mol. The summed E-state index contributed by atoms with van der Waals surface area (Å²) in [6.45, 7) is 7.35. The molecule has 0 radical (unpaired) electrons. The molecule has 1 amide bonds. The Morgan fingerprint density at radius 3 is 2.47 bits per heavy atom. The summed E-state index contributed by atoms with van der Waals surface area (Å²) in [6, 6.07) is -0.968. The van der Waals surface area contributed by atoms with Crippen LogP contribution in [0.5, 0.6) is 0 Å². The van der Waals surface area contributed by atoms with Crippen molar-refractivity contribution in [1.82, 2.24) is 20.1 Å². The first-order valence-electron chi connectivity index (χ1n) is 6.08. The van der Waals surface area contributed by atoms with Crippen LogP contribution in [0.2, 0.25) is 0 Å². The first kappa shape index (κ1) is 15.1. The number of carboxylic acid groups (broad SMARTS) is 1. The number of aliphatic carboxylic acids is 1. The molecule has 0 fully saturated rings. The summed E-state index contributed by atoms with van der Waals surface area (Å²) in [5.74, 6) is -1.21. The smallest absolute Gasteiger partial charge is 0.305 e. The zero-order valence-electron chi connectivity index (χ0n) is 11.6. The normalized spacial score (nSPS) is 14.7. The van der Waals surface area contributed by atoms with E-state index < -0.39 is 18.1 Å². The molecule has 0 aromatic carbocycles. The first-order chi connectivity index (χ1) is 8.71. The Bertz CT molecular complexity index is 436. The number of rotatable bonds is 5. The minimum absolute atomic E-state index is 0.112. The summed E-state index contributed by atoms with van der Waals surface area (Å²) in [5.41, 5.74) is -0.337. The number of carboxylic acids is 1. The average molecular weight is 268 g/mol. The summed E-state index contributed by atoms with van der Waals surface area (Å²) < 4.78 is 1.43. The molecule has 0 saturated heterocycles. The van der Waals surface area contributed by atoms with Gasteiger partial charge in [-0.3, -0.25) is 9.59 Å². The Kier molecular flexibility index (Phi) is 4.63. The summed E-state index contributed by atoms with van der Waals surface area (Å²) >= 11 is 0. The van der Waals surface area contributed by atoms with E-state index in [4.69, 9.17) is 5.11 Å². The maximum absolute atomic E-state index is 12.1. The van der Waals surface area contributed by atoms with E-state index in [-0.39, 0.29) is 17.7 Å². The van der Waals surface area contributed by atoms with Crippen molar-refractivity contribution < 1.29 is 14.7 Å². The van der Waals surface area contributed by atoms with Crippen LogP contribution < -0.4 is 5.32 Å². The lowest BCUT2D eigenvalue weighted by Crippen LogP contribution is -2.47. The third-order valence-electron chi connectivity index (χ3n) is 2.95. The van der Waals surface area contributed by atoms with Gasteiger partial charge in [-0.1, -0.05) is 20.8 Å². The molecule has 1 aromatic heterocycles. The minimum atomic E-state index is -0.936. The molecule has 0 saturated carbocycles. The zero-order chi connectivity index (χ0) is 14.6. The van der Waals surface area contributed by atoms with Crippen LogP contribution in [0.3, 0.4) is 0 Å². The van der Waals surface area contributed by atoms with E-state index >= 15 is 0 Å². The number of nitrogens with one attached hydrogen (secondary N) is 1. The third kappa shape index (κ3) is 4.35. The topological polar surface area (TPSA) is 97.1 Å². The Morgan fingerprint density at radius 1 is 1.42 bits per heavy atom. The van der Waals surface area contributed by atoms with Gasteiger partial charge in [-0.15, -0.1) is 0 Å². The van der Waals surface area contributed by atoms with Crippen LogP contribution in [-0.2, 0) is 9.59 Å². The Balaban J connectivity index is 2.74. The van der Waals surface area contributed by atoms with E-state index in [1.807, 2.05) is 20.8 Å². The van der Waals surface area contributed by atoms with Crippen LogP contribution in [-0.4, -0.2) is 37.8 Å². The van der Waals surface area contributed by atoms with Gasteiger partial charge in [0.05, 0.1) is 6.42 Å². The monoisotopic (exact) mass is 268 g/mol. The largest absolute Gasteiger partial charge is 0.481 e. The van der Waals surface area contributed by atoms with Gasteiger partial charge in [0.2, 0.25) is 5.91 Å². The summed E-state index contributed by atoms with van der Waals surface area (Å²) in [5, 5.41) is 15.6. The van der Waals surface area contributed by atoms with Crippen LogP contribution in [0.1, 0.15) is 40.2 Å². The summed E-state index contributed by atoms with van der Waals surface area (Å²) in [4.78, 5) is 26.7. The van der Waals surface area contributed by atoms with Crippen molar-refractivity contribution in [3.63, 3.8) is 0 Å². The van der Waals surface area contributed by atoms with E-state index in [0.717, 1.165) is 0 Å². The molecule has 0 spiro atoms. The molecule has 0 bridgehead atoms. The molecule has 19 heavy (non-hydrogen) atoms. The van der Waals surface area contributed by atoms with E-state index in [0.29, 0.717) is 0 Å². The van der Waals surface area contributed by atoms with Gasteiger partial charge in [-0.25, -0.2) is 9.67 Å². The van der Waals surface area contributed by atoms with Crippen LogP contribution in [0.25, 0.3) is 0 Å². The Labute approximate surface area is 112 Å². The maximum atomic E-state index is 12.1. The highest BCUT2D eigenvalue weighted by Crippen LogP contribution is 2.22. The molecule has 0 aliphatic rings. The fraction of sp³-hybridized carbons (Fsp3) is 0.667. The highest BCUT2D eigenvalue weighted by molar-refractivity contribution is 5.80. The molecule has 2 N–H and O–H groups in total. The summed E-state index contributed by atoms with van der Waals surface area (Å²) in [6.07, 6.45) is 2.69. The van der Waals surface area contributed by atoms with Gasteiger partial charge in [-0.05, 0) is 12.3 Å². The van der Waals surface area contributed by atoms with Gasteiger partial charge < -0.3 is 10.4 Å². The van der Waals surface area contributed by atoms with Gasteiger partial charge in [0.1, 0.15) is 18.7 Å². The lowest BCUT2D eigenvalue weighted by Gasteiger charge is -2.31. The molecule has 0 aliphatic carbocycles. The maximum Gasteiger partial charge on any atom is 0.305 e. The molecule has 7 nitrogen and oxygen atoms in total. The lowest BCUT2D eigenvalue weighted by atomic mass is 9.84. The van der Waals surface area contributed by atoms with Crippen LogP contribution in [0, 0.1) is 5.41 Å². The highest BCUT2D eigenvalue weighted by atomic mass is 16.4. The van der Waals surface area contributed by atoms with E-state index in [1.54, 1.807) is 6.92 Å². The standard InChI is InChI=1S/C12H20N4O3/c1-8(16-7-13-6-14-16)11(19)15-9(5-10(17)18)12(2,3)4/h6-9H,5H2,1-4H3,(H,15,19)(H,17,18). The average Bonchev–Trinajstić information content (AvgIpc) is 2.78. The van der Waals surface area contributed by atoms with Gasteiger partial charge in [-0.2, -0.15) is 5.10 Å². The lowest BCUT2D eigenvalue weighted by molar-refractivity contribution is -0.138. The predicted molar refractivity (Wildman–Crippen MR) is 68.4 cm³/mol. The summed E-state index contributed by atoms with van der Waals surface area (Å²) in [7, 11) is 0. The molecule has 2 unspecified atom stereocenters. The molecule has 0 aliphatic heterocycles. The Hall–Kier alpha value is -1.92. The first-order valence-corrected chi connectivity index (χ1v) is 6.08. The number of nitrogens with zero attached hydrogens (tertiary/aromatic N) is 3. The van der Waals surface area contributed by atoms with E-state index in [1.165, 1.54) is 17.3 Å². The van der Waals surface area contributed by atoms with Crippen molar-refractivity contribution in [3.05, 3.63) is 12.7 Å². The number of aromatic nitrogens is 3. The van der Waals surface area contributed by atoms with Gasteiger partial charge in [0.25, 0.3) is 0 Å². The second kappa shape index (κ2) is 5.81. The minimum Gasteiger partial charge on any atom is -0.481 e.